The topological polar surface area (TPSA) is 58.1 Å². The first-order chi connectivity index (χ1) is 11.0. The van der Waals surface area contributed by atoms with Crippen molar-refractivity contribution in [2.24, 2.45) is 0 Å². The molecule has 0 aliphatic heterocycles. The van der Waals surface area contributed by atoms with Gasteiger partial charge in [0.1, 0.15) is 17.8 Å². The quantitative estimate of drug-likeness (QED) is 0.821. The van der Waals surface area contributed by atoms with Gasteiger partial charge in [-0.2, -0.15) is 0 Å². The van der Waals surface area contributed by atoms with Gasteiger partial charge < -0.3 is 10.2 Å². The first-order valence-corrected chi connectivity index (χ1v) is 8.41. The Morgan fingerprint density at radius 3 is 2.78 bits per heavy atom. The number of halogens is 1. The molecule has 0 fully saturated rings. The zero-order valence-electron chi connectivity index (χ0n) is 13.6. The molecule has 2 aromatic rings. The molecule has 0 spiro atoms. The lowest BCUT2D eigenvalue weighted by Gasteiger charge is -2.16. The van der Waals surface area contributed by atoms with Crippen molar-refractivity contribution in [2.45, 2.75) is 26.7 Å². The van der Waals surface area contributed by atoms with Crippen LogP contribution in [0, 0.1) is 6.92 Å². The molecular formula is C17H21BrN4O. The molecular weight excluding hydrogens is 356 g/mol. The van der Waals surface area contributed by atoms with Gasteiger partial charge >= 0.3 is 0 Å². The van der Waals surface area contributed by atoms with E-state index in [1.54, 1.807) is 18.0 Å². The molecule has 0 aliphatic rings. The molecule has 0 saturated heterocycles. The number of anilines is 2. The van der Waals surface area contributed by atoms with Gasteiger partial charge in [-0.25, -0.2) is 9.97 Å². The Kier molecular flexibility index (Phi) is 6.10. The summed E-state index contributed by atoms with van der Waals surface area (Å²) in [6.07, 6.45) is 3.45. The Hall–Kier alpha value is -1.95. The van der Waals surface area contributed by atoms with Gasteiger partial charge in [0.15, 0.2) is 0 Å². The molecule has 0 atom stereocenters. The van der Waals surface area contributed by atoms with E-state index in [-0.39, 0.29) is 5.91 Å². The smallest absolute Gasteiger partial charge is 0.272 e. The molecule has 1 amide bonds. The van der Waals surface area contributed by atoms with Gasteiger partial charge in [0, 0.05) is 29.8 Å². The van der Waals surface area contributed by atoms with E-state index in [0.717, 1.165) is 35.1 Å². The van der Waals surface area contributed by atoms with E-state index in [1.165, 1.54) is 6.33 Å². The lowest BCUT2D eigenvalue weighted by atomic mass is 10.2. The molecule has 0 aliphatic carbocycles. The van der Waals surface area contributed by atoms with Crippen molar-refractivity contribution in [1.82, 2.24) is 14.9 Å². The number of hydrogen-bond donors (Lipinski definition) is 1. The summed E-state index contributed by atoms with van der Waals surface area (Å²) >= 11 is 3.45. The predicted octanol–water partition coefficient (Wildman–Crippen LogP) is 4.16. The van der Waals surface area contributed by atoms with Crippen molar-refractivity contribution >= 4 is 33.3 Å². The summed E-state index contributed by atoms with van der Waals surface area (Å²) in [7, 11) is 1.80. The minimum atomic E-state index is -0.0866. The van der Waals surface area contributed by atoms with Crippen molar-refractivity contribution < 1.29 is 4.79 Å². The van der Waals surface area contributed by atoms with Crippen molar-refractivity contribution in [3.05, 3.63) is 46.3 Å². The summed E-state index contributed by atoms with van der Waals surface area (Å²) in [5.41, 5.74) is 2.44. The number of amides is 1. The highest BCUT2D eigenvalue weighted by Crippen LogP contribution is 2.23. The lowest BCUT2D eigenvalue weighted by molar-refractivity contribution is 0.0787. The fourth-order valence-electron chi connectivity index (χ4n) is 2.14. The van der Waals surface area contributed by atoms with E-state index in [2.05, 4.69) is 38.1 Å². The average Bonchev–Trinajstić information content (AvgIpc) is 2.55. The van der Waals surface area contributed by atoms with Crippen LogP contribution in [0.3, 0.4) is 0 Å². The average molecular weight is 377 g/mol. The van der Waals surface area contributed by atoms with Crippen LogP contribution < -0.4 is 5.32 Å². The summed E-state index contributed by atoms with van der Waals surface area (Å²) < 4.78 is 1.02. The molecule has 5 nitrogen and oxygen atoms in total. The van der Waals surface area contributed by atoms with Crippen LogP contribution in [-0.4, -0.2) is 34.4 Å². The highest BCUT2D eigenvalue weighted by molar-refractivity contribution is 9.10. The predicted molar refractivity (Wildman–Crippen MR) is 96.1 cm³/mol. The molecule has 1 N–H and O–H groups in total. The molecule has 122 valence electrons. The molecule has 0 unspecified atom stereocenters. The number of unbranched alkanes of at least 4 members (excludes halogenated alkanes) is 1. The van der Waals surface area contributed by atoms with Crippen LogP contribution in [0.1, 0.15) is 35.8 Å². The number of hydrogen-bond acceptors (Lipinski definition) is 4. The van der Waals surface area contributed by atoms with Gasteiger partial charge in [0.05, 0.1) is 0 Å². The zero-order chi connectivity index (χ0) is 16.8. The van der Waals surface area contributed by atoms with Gasteiger partial charge in [-0.1, -0.05) is 29.3 Å². The van der Waals surface area contributed by atoms with Gasteiger partial charge in [-0.3, -0.25) is 4.79 Å². The van der Waals surface area contributed by atoms with Crippen LogP contribution in [0.5, 0.6) is 0 Å². The number of carbonyl (C=O) groups is 1. The van der Waals surface area contributed by atoms with Crippen LogP contribution in [0.25, 0.3) is 0 Å². The zero-order valence-corrected chi connectivity index (χ0v) is 15.2. The standard InChI is InChI=1S/C17H21BrN4O/c1-4-5-8-22(3)17(23)15-10-16(20-11-19-15)21-14-7-6-13(18)9-12(14)2/h6-7,9-11H,4-5,8H2,1-3H3,(H,19,20,21). The van der Waals surface area contributed by atoms with Crippen LogP contribution in [0.15, 0.2) is 35.1 Å². The molecule has 0 bridgehead atoms. The molecule has 1 aromatic heterocycles. The maximum atomic E-state index is 12.4. The SMILES string of the molecule is CCCCN(C)C(=O)c1cc(Nc2ccc(Br)cc2C)ncn1. The number of nitrogens with zero attached hydrogens (tertiary/aromatic N) is 3. The normalized spacial score (nSPS) is 10.4. The third-order valence-electron chi connectivity index (χ3n) is 3.53. The Labute approximate surface area is 145 Å². The fraction of sp³-hybridized carbons (Fsp3) is 0.353. The van der Waals surface area contributed by atoms with Crippen LogP contribution in [-0.2, 0) is 0 Å². The monoisotopic (exact) mass is 376 g/mol. The molecule has 6 heteroatoms. The van der Waals surface area contributed by atoms with E-state index < -0.39 is 0 Å². The maximum absolute atomic E-state index is 12.4. The van der Waals surface area contributed by atoms with Crippen molar-refractivity contribution in [3.63, 3.8) is 0 Å². The van der Waals surface area contributed by atoms with E-state index >= 15 is 0 Å². The fourth-order valence-corrected chi connectivity index (χ4v) is 2.62. The van der Waals surface area contributed by atoms with Gasteiger partial charge in [-0.05, 0) is 37.1 Å². The van der Waals surface area contributed by atoms with Crippen molar-refractivity contribution in [2.75, 3.05) is 18.9 Å². The summed E-state index contributed by atoms with van der Waals surface area (Å²) in [6.45, 7) is 4.85. The Bertz CT molecular complexity index is 690. The Balaban J connectivity index is 2.14. The minimum Gasteiger partial charge on any atom is -0.340 e. The van der Waals surface area contributed by atoms with Crippen LogP contribution in [0.2, 0.25) is 0 Å². The largest absolute Gasteiger partial charge is 0.340 e. The number of nitrogens with one attached hydrogen (secondary N) is 1. The molecule has 0 saturated carbocycles. The number of aromatic nitrogens is 2. The highest BCUT2D eigenvalue weighted by Gasteiger charge is 2.13. The van der Waals surface area contributed by atoms with Gasteiger partial charge in [0.2, 0.25) is 0 Å². The molecule has 1 heterocycles. The highest BCUT2D eigenvalue weighted by atomic mass is 79.9. The second-order valence-electron chi connectivity index (χ2n) is 5.45. The van der Waals surface area contributed by atoms with E-state index in [1.807, 2.05) is 25.1 Å². The van der Waals surface area contributed by atoms with E-state index in [4.69, 9.17) is 0 Å². The van der Waals surface area contributed by atoms with Gasteiger partial charge in [0.25, 0.3) is 5.91 Å². The van der Waals surface area contributed by atoms with Gasteiger partial charge in [-0.15, -0.1) is 0 Å². The number of rotatable bonds is 6. The summed E-state index contributed by atoms with van der Waals surface area (Å²) in [6, 6.07) is 7.64. The molecule has 23 heavy (non-hydrogen) atoms. The second kappa shape index (κ2) is 8.06. The maximum Gasteiger partial charge on any atom is 0.272 e. The second-order valence-corrected chi connectivity index (χ2v) is 6.37. The third-order valence-corrected chi connectivity index (χ3v) is 4.02. The molecule has 1 aromatic carbocycles. The van der Waals surface area contributed by atoms with Crippen LogP contribution in [0.4, 0.5) is 11.5 Å². The Morgan fingerprint density at radius 2 is 2.09 bits per heavy atom. The molecule has 0 radical (unpaired) electrons. The van der Waals surface area contributed by atoms with E-state index in [0.29, 0.717) is 11.5 Å². The number of carbonyl (C=O) groups excluding carboxylic acids is 1. The lowest BCUT2D eigenvalue weighted by Crippen LogP contribution is -2.28. The number of aryl methyl sites for hydroxylation is 1. The third kappa shape index (κ3) is 4.76. The van der Waals surface area contributed by atoms with Crippen LogP contribution >= 0.6 is 15.9 Å². The summed E-state index contributed by atoms with van der Waals surface area (Å²) in [4.78, 5) is 22.4. The summed E-state index contributed by atoms with van der Waals surface area (Å²) in [5, 5.41) is 3.23. The Morgan fingerprint density at radius 1 is 1.30 bits per heavy atom. The van der Waals surface area contributed by atoms with Crippen molar-refractivity contribution in [1.29, 1.82) is 0 Å². The summed E-state index contributed by atoms with van der Waals surface area (Å²) in [5.74, 6) is 0.522. The first kappa shape index (κ1) is 17.4. The minimum absolute atomic E-state index is 0.0866. The first-order valence-electron chi connectivity index (χ1n) is 7.62. The molecule has 2 rings (SSSR count). The van der Waals surface area contributed by atoms with Crippen molar-refractivity contribution in [3.8, 4) is 0 Å². The number of benzene rings is 1. The van der Waals surface area contributed by atoms with E-state index in [9.17, 15) is 4.79 Å².